The van der Waals surface area contributed by atoms with Crippen LogP contribution >= 0.6 is 0 Å². The van der Waals surface area contributed by atoms with E-state index in [0.29, 0.717) is 17.2 Å². The second-order valence-corrected chi connectivity index (χ2v) is 5.24. The first-order valence-corrected chi connectivity index (χ1v) is 7.40. The molecule has 4 heteroatoms. The van der Waals surface area contributed by atoms with Gasteiger partial charge >= 0.3 is 0 Å². The standard InChI is InChI=1S/C19H20O4/c1-20-14-8-9-15-12(10-14)6-5-7-13-11-16(21-2)18(22-3)19(23-4)17(13)15/h5-6,8-11H,7H2,1-4H3. The van der Waals surface area contributed by atoms with E-state index in [0.717, 1.165) is 34.4 Å². The molecule has 0 atom stereocenters. The van der Waals surface area contributed by atoms with Gasteiger partial charge in [-0.1, -0.05) is 12.2 Å². The van der Waals surface area contributed by atoms with Crippen LogP contribution in [-0.2, 0) is 6.42 Å². The van der Waals surface area contributed by atoms with Crippen LogP contribution < -0.4 is 18.9 Å². The number of fused-ring (bicyclic) bond motifs is 3. The summed E-state index contributed by atoms with van der Waals surface area (Å²) in [6, 6.07) is 8.05. The second-order valence-electron chi connectivity index (χ2n) is 5.24. The summed E-state index contributed by atoms with van der Waals surface area (Å²) >= 11 is 0. The Hall–Kier alpha value is -2.62. The number of rotatable bonds is 4. The molecular formula is C19H20O4. The zero-order valence-corrected chi connectivity index (χ0v) is 13.8. The first-order valence-electron chi connectivity index (χ1n) is 7.40. The molecule has 120 valence electrons. The van der Waals surface area contributed by atoms with Crippen LogP contribution in [0.15, 0.2) is 30.3 Å². The molecule has 0 spiro atoms. The maximum Gasteiger partial charge on any atom is 0.203 e. The largest absolute Gasteiger partial charge is 0.497 e. The third-order valence-corrected chi connectivity index (χ3v) is 4.07. The maximum absolute atomic E-state index is 5.68. The Bertz CT molecular complexity index is 762. The summed E-state index contributed by atoms with van der Waals surface area (Å²) in [5.41, 5.74) is 4.36. The number of benzene rings is 2. The molecule has 2 aromatic carbocycles. The van der Waals surface area contributed by atoms with Crippen LogP contribution in [0.25, 0.3) is 17.2 Å². The van der Waals surface area contributed by atoms with Crippen LogP contribution in [0.2, 0.25) is 0 Å². The molecule has 0 bridgehead atoms. The summed E-state index contributed by atoms with van der Waals surface area (Å²) in [4.78, 5) is 0. The van der Waals surface area contributed by atoms with Gasteiger partial charge in [0.25, 0.3) is 0 Å². The number of hydrogen-bond acceptors (Lipinski definition) is 4. The summed E-state index contributed by atoms with van der Waals surface area (Å²) in [5.74, 6) is 2.80. The highest BCUT2D eigenvalue weighted by Crippen LogP contribution is 2.49. The first-order chi connectivity index (χ1) is 11.2. The van der Waals surface area contributed by atoms with Crippen LogP contribution in [-0.4, -0.2) is 28.4 Å². The van der Waals surface area contributed by atoms with E-state index in [2.05, 4.69) is 18.2 Å². The molecule has 0 aliphatic heterocycles. The van der Waals surface area contributed by atoms with Gasteiger partial charge in [-0.2, -0.15) is 0 Å². The Morgan fingerprint density at radius 2 is 1.61 bits per heavy atom. The van der Waals surface area contributed by atoms with Crippen LogP contribution in [0.5, 0.6) is 23.0 Å². The number of methoxy groups -OCH3 is 4. The van der Waals surface area contributed by atoms with Gasteiger partial charge in [-0.25, -0.2) is 0 Å². The van der Waals surface area contributed by atoms with E-state index in [1.54, 1.807) is 28.4 Å². The second kappa shape index (κ2) is 6.24. The maximum atomic E-state index is 5.68. The highest BCUT2D eigenvalue weighted by Gasteiger charge is 2.23. The first kappa shape index (κ1) is 15.3. The van der Waals surface area contributed by atoms with Crippen molar-refractivity contribution in [2.75, 3.05) is 28.4 Å². The molecule has 0 saturated heterocycles. The quantitative estimate of drug-likeness (QED) is 0.856. The van der Waals surface area contributed by atoms with E-state index in [4.69, 9.17) is 18.9 Å². The molecule has 0 saturated carbocycles. The predicted molar refractivity (Wildman–Crippen MR) is 90.8 cm³/mol. The lowest BCUT2D eigenvalue weighted by molar-refractivity contribution is 0.325. The van der Waals surface area contributed by atoms with Crippen molar-refractivity contribution in [1.29, 1.82) is 0 Å². The van der Waals surface area contributed by atoms with Crippen LogP contribution in [0.3, 0.4) is 0 Å². The van der Waals surface area contributed by atoms with Crippen molar-refractivity contribution in [1.82, 2.24) is 0 Å². The topological polar surface area (TPSA) is 36.9 Å². The number of hydrogen-bond donors (Lipinski definition) is 0. The molecule has 0 heterocycles. The Kier molecular flexibility index (Phi) is 4.15. The third-order valence-electron chi connectivity index (χ3n) is 4.07. The Balaban J connectivity index is 2.33. The lowest BCUT2D eigenvalue weighted by Crippen LogP contribution is -2.00. The molecule has 2 aromatic rings. The van der Waals surface area contributed by atoms with Gasteiger partial charge in [0, 0.05) is 5.56 Å². The van der Waals surface area contributed by atoms with Gasteiger partial charge in [0.1, 0.15) is 5.75 Å². The van der Waals surface area contributed by atoms with E-state index in [1.165, 1.54) is 0 Å². The minimum atomic E-state index is 0.609. The average molecular weight is 312 g/mol. The van der Waals surface area contributed by atoms with Gasteiger partial charge in [0.2, 0.25) is 5.75 Å². The molecule has 3 rings (SSSR count). The molecule has 1 aliphatic carbocycles. The fourth-order valence-corrected chi connectivity index (χ4v) is 3.01. The van der Waals surface area contributed by atoms with Crippen molar-refractivity contribution < 1.29 is 18.9 Å². The van der Waals surface area contributed by atoms with Crippen LogP contribution in [0, 0.1) is 0 Å². The van der Waals surface area contributed by atoms with Crippen LogP contribution in [0.4, 0.5) is 0 Å². The summed E-state index contributed by atoms with van der Waals surface area (Å²) in [7, 11) is 6.58. The van der Waals surface area contributed by atoms with E-state index in [-0.39, 0.29) is 0 Å². The summed E-state index contributed by atoms with van der Waals surface area (Å²) in [6.07, 6.45) is 5.04. The molecule has 4 nitrogen and oxygen atoms in total. The van der Waals surface area contributed by atoms with Crippen molar-refractivity contribution in [2.24, 2.45) is 0 Å². The third kappa shape index (κ3) is 2.50. The molecule has 23 heavy (non-hydrogen) atoms. The molecule has 0 radical (unpaired) electrons. The number of allylic oxidation sites excluding steroid dienone is 1. The minimum absolute atomic E-state index is 0.609. The summed E-state index contributed by atoms with van der Waals surface area (Å²) in [5, 5.41) is 0. The van der Waals surface area contributed by atoms with Crippen molar-refractivity contribution in [3.05, 3.63) is 41.5 Å². The smallest absolute Gasteiger partial charge is 0.203 e. The molecule has 0 aromatic heterocycles. The van der Waals surface area contributed by atoms with Gasteiger partial charge in [0.05, 0.1) is 28.4 Å². The minimum Gasteiger partial charge on any atom is -0.497 e. The molecule has 0 N–H and O–H groups in total. The zero-order valence-electron chi connectivity index (χ0n) is 13.8. The SMILES string of the molecule is COc1ccc2c(c1)C=CCc1cc(OC)c(OC)c(OC)c1-2. The van der Waals surface area contributed by atoms with Crippen LogP contribution in [0.1, 0.15) is 11.1 Å². The lowest BCUT2D eigenvalue weighted by atomic mass is 9.94. The normalized spacial score (nSPS) is 12.0. The van der Waals surface area contributed by atoms with E-state index < -0.39 is 0 Å². The Labute approximate surface area is 136 Å². The van der Waals surface area contributed by atoms with Gasteiger partial charge in [-0.05, 0) is 47.4 Å². The lowest BCUT2D eigenvalue weighted by Gasteiger charge is -2.19. The van der Waals surface area contributed by atoms with Gasteiger partial charge in [-0.3, -0.25) is 0 Å². The van der Waals surface area contributed by atoms with E-state index in [9.17, 15) is 0 Å². The van der Waals surface area contributed by atoms with Crippen molar-refractivity contribution in [3.63, 3.8) is 0 Å². The predicted octanol–water partition coefficient (Wildman–Crippen LogP) is 3.96. The van der Waals surface area contributed by atoms with Gasteiger partial charge in [-0.15, -0.1) is 0 Å². The number of ether oxygens (including phenoxy) is 4. The molecule has 0 amide bonds. The van der Waals surface area contributed by atoms with Gasteiger partial charge < -0.3 is 18.9 Å². The van der Waals surface area contributed by atoms with E-state index >= 15 is 0 Å². The highest BCUT2D eigenvalue weighted by atomic mass is 16.5. The summed E-state index contributed by atoms with van der Waals surface area (Å²) in [6.45, 7) is 0. The van der Waals surface area contributed by atoms with Crippen molar-refractivity contribution in [2.45, 2.75) is 6.42 Å². The molecule has 0 unspecified atom stereocenters. The van der Waals surface area contributed by atoms with Crippen molar-refractivity contribution in [3.8, 4) is 34.1 Å². The monoisotopic (exact) mass is 312 g/mol. The molecule has 0 fully saturated rings. The van der Waals surface area contributed by atoms with E-state index in [1.807, 2.05) is 18.2 Å². The highest BCUT2D eigenvalue weighted by molar-refractivity contribution is 5.87. The average Bonchev–Trinajstić information content (AvgIpc) is 2.78. The Morgan fingerprint density at radius 1 is 0.826 bits per heavy atom. The van der Waals surface area contributed by atoms with Gasteiger partial charge in [0.15, 0.2) is 11.5 Å². The van der Waals surface area contributed by atoms with Crippen molar-refractivity contribution >= 4 is 6.08 Å². The molecule has 1 aliphatic rings. The fourth-order valence-electron chi connectivity index (χ4n) is 3.01. The Morgan fingerprint density at radius 3 is 2.26 bits per heavy atom. The zero-order chi connectivity index (χ0) is 16.4. The fraction of sp³-hybridized carbons (Fsp3) is 0.263. The molecular weight excluding hydrogens is 292 g/mol. The summed E-state index contributed by atoms with van der Waals surface area (Å²) < 4.78 is 22.0.